The van der Waals surface area contributed by atoms with Crippen LogP contribution in [0.5, 0.6) is 0 Å². The first kappa shape index (κ1) is 14.1. The first-order valence-corrected chi connectivity index (χ1v) is 7.76. The van der Waals surface area contributed by atoms with Crippen molar-refractivity contribution in [2.24, 2.45) is 0 Å². The highest BCUT2D eigenvalue weighted by Crippen LogP contribution is 2.35. The fraction of sp³-hybridized carbons (Fsp3) is 0.529. The second-order valence-electron chi connectivity index (χ2n) is 6.32. The van der Waals surface area contributed by atoms with E-state index in [0.717, 1.165) is 43.4 Å². The Balaban J connectivity index is 2.01. The van der Waals surface area contributed by atoms with Gasteiger partial charge in [0.1, 0.15) is 11.6 Å². The van der Waals surface area contributed by atoms with Crippen molar-refractivity contribution >= 4 is 17.5 Å². The smallest absolute Gasteiger partial charge is 0.253 e. The Morgan fingerprint density at radius 1 is 1.19 bits per heavy atom. The molecule has 1 saturated carbocycles. The molecule has 2 aliphatic rings. The van der Waals surface area contributed by atoms with Crippen molar-refractivity contribution in [3.63, 3.8) is 0 Å². The number of rotatable bonds is 1. The Morgan fingerprint density at radius 3 is 2.57 bits per heavy atom. The van der Waals surface area contributed by atoms with Crippen LogP contribution in [0.4, 0.5) is 5.69 Å². The van der Waals surface area contributed by atoms with Crippen LogP contribution in [0.2, 0.25) is 0 Å². The highest BCUT2D eigenvalue weighted by atomic mass is 16.2. The number of nitrogens with zero attached hydrogens (tertiary/aromatic N) is 1. The third-order valence-corrected chi connectivity index (χ3v) is 4.74. The van der Waals surface area contributed by atoms with E-state index < -0.39 is 11.6 Å². The van der Waals surface area contributed by atoms with Gasteiger partial charge in [-0.15, -0.1) is 0 Å². The molecule has 1 aliphatic heterocycles. The summed E-state index contributed by atoms with van der Waals surface area (Å²) in [5.41, 5.74) is 1.24. The van der Waals surface area contributed by atoms with Crippen molar-refractivity contribution in [2.75, 3.05) is 4.90 Å². The van der Waals surface area contributed by atoms with Crippen molar-refractivity contribution in [2.45, 2.75) is 57.5 Å². The minimum Gasteiger partial charge on any atom is -0.340 e. The summed E-state index contributed by atoms with van der Waals surface area (Å²) in [5.74, 6) is 0.0120. The lowest BCUT2D eigenvalue weighted by Gasteiger charge is -2.46. The summed E-state index contributed by atoms with van der Waals surface area (Å²) in [7, 11) is 0. The molecule has 1 aromatic rings. The standard InChI is InChI=1S/C17H22N2O2/c1-12-7-6-8-14(11-12)19-13(2)15(20)18-17(16(19)21)9-4-3-5-10-17/h6-8,11,13H,3-5,9-10H2,1-2H3,(H,18,20). The van der Waals surface area contributed by atoms with Gasteiger partial charge in [0, 0.05) is 5.69 Å². The topological polar surface area (TPSA) is 49.4 Å². The number of anilines is 1. The molecule has 0 aromatic heterocycles. The molecule has 1 aliphatic carbocycles. The zero-order valence-corrected chi connectivity index (χ0v) is 12.7. The van der Waals surface area contributed by atoms with E-state index >= 15 is 0 Å². The van der Waals surface area contributed by atoms with Gasteiger partial charge >= 0.3 is 0 Å². The van der Waals surface area contributed by atoms with Gasteiger partial charge in [-0.05, 0) is 44.4 Å². The lowest BCUT2D eigenvalue weighted by molar-refractivity contribution is -0.139. The predicted octanol–water partition coefficient (Wildman–Crippen LogP) is 2.55. The van der Waals surface area contributed by atoms with Gasteiger partial charge in [0.15, 0.2) is 0 Å². The Hall–Kier alpha value is -1.84. The SMILES string of the molecule is Cc1cccc(N2C(=O)C3(CCCCC3)NC(=O)C2C)c1. The lowest BCUT2D eigenvalue weighted by atomic mass is 9.78. The van der Waals surface area contributed by atoms with Crippen LogP contribution in [0.1, 0.15) is 44.6 Å². The number of hydrogen-bond acceptors (Lipinski definition) is 2. The Kier molecular flexibility index (Phi) is 3.47. The molecule has 2 fully saturated rings. The van der Waals surface area contributed by atoms with Crippen molar-refractivity contribution < 1.29 is 9.59 Å². The molecule has 4 nitrogen and oxygen atoms in total. The molecular weight excluding hydrogens is 264 g/mol. The van der Waals surface area contributed by atoms with Crippen molar-refractivity contribution in [3.05, 3.63) is 29.8 Å². The maximum absolute atomic E-state index is 13.1. The molecule has 1 N–H and O–H groups in total. The van der Waals surface area contributed by atoms with Gasteiger partial charge in [-0.3, -0.25) is 14.5 Å². The van der Waals surface area contributed by atoms with Gasteiger partial charge in [0.25, 0.3) is 5.91 Å². The van der Waals surface area contributed by atoms with Crippen molar-refractivity contribution in [1.29, 1.82) is 0 Å². The maximum Gasteiger partial charge on any atom is 0.253 e. The molecule has 4 heteroatoms. The molecule has 1 aromatic carbocycles. The zero-order valence-electron chi connectivity index (χ0n) is 12.7. The van der Waals surface area contributed by atoms with Gasteiger partial charge in [-0.1, -0.05) is 31.4 Å². The van der Waals surface area contributed by atoms with E-state index in [1.165, 1.54) is 0 Å². The highest BCUT2D eigenvalue weighted by molar-refractivity contribution is 6.10. The molecular formula is C17H22N2O2. The summed E-state index contributed by atoms with van der Waals surface area (Å²) < 4.78 is 0. The lowest BCUT2D eigenvalue weighted by Crippen LogP contribution is -2.70. The Labute approximate surface area is 125 Å². The number of aryl methyl sites for hydroxylation is 1. The predicted molar refractivity (Wildman–Crippen MR) is 82.1 cm³/mol. The largest absolute Gasteiger partial charge is 0.340 e. The number of piperazine rings is 1. The van der Waals surface area contributed by atoms with E-state index in [0.29, 0.717) is 0 Å². The van der Waals surface area contributed by atoms with Crippen LogP contribution in [-0.2, 0) is 9.59 Å². The summed E-state index contributed by atoms with van der Waals surface area (Å²) >= 11 is 0. The minimum absolute atomic E-state index is 0.0435. The van der Waals surface area contributed by atoms with Crippen LogP contribution >= 0.6 is 0 Å². The summed E-state index contributed by atoms with van der Waals surface area (Å²) in [6.45, 7) is 3.80. The molecule has 1 saturated heterocycles. The fourth-order valence-electron chi connectivity index (χ4n) is 3.53. The normalized spacial score (nSPS) is 25.0. The molecule has 1 unspecified atom stereocenters. The monoisotopic (exact) mass is 286 g/mol. The highest BCUT2D eigenvalue weighted by Gasteiger charge is 2.50. The van der Waals surface area contributed by atoms with Gasteiger partial charge in [0.2, 0.25) is 5.91 Å². The van der Waals surface area contributed by atoms with E-state index in [1.807, 2.05) is 31.2 Å². The molecule has 1 heterocycles. The summed E-state index contributed by atoms with van der Waals surface area (Å²) in [4.78, 5) is 27.1. The van der Waals surface area contributed by atoms with E-state index in [9.17, 15) is 9.59 Å². The van der Waals surface area contributed by atoms with E-state index in [1.54, 1.807) is 11.8 Å². The average molecular weight is 286 g/mol. The quantitative estimate of drug-likeness (QED) is 0.862. The molecule has 21 heavy (non-hydrogen) atoms. The number of hydrogen-bond donors (Lipinski definition) is 1. The van der Waals surface area contributed by atoms with Crippen LogP contribution in [-0.4, -0.2) is 23.4 Å². The summed E-state index contributed by atoms with van der Waals surface area (Å²) in [6, 6.07) is 7.37. The molecule has 2 amide bonds. The van der Waals surface area contributed by atoms with Crippen LogP contribution in [0.25, 0.3) is 0 Å². The van der Waals surface area contributed by atoms with Crippen LogP contribution in [0.15, 0.2) is 24.3 Å². The second kappa shape index (κ2) is 5.17. The number of carbonyl (C=O) groups excluding carboxylic acids is 2. The third-order valence-electron chi connectivity index (χ3n) is 4.74. The van der Waals surface area contributed by atoms with E-state index in [2.05, 4.69) is 5.32 Å². The number of carbonyl (C=O) groups is 2. The van der Waals surface area contributed by atoms with Crippen LogP contribution < -0.4 is 10.2 Å². The van der Waals surface area contributed by atoms with Gasteiger partial charge < -0.3 is 5.32 Å². The third kappa shape index (κ3) is 2.33. The molecule has 0 bridgehead atoms. The van der Waals surface area contributed by atoms with Gasteiger partial charge in [-0.25, -0.2) is 0 Å². The molecule has 1 atom stereocenters. The Morgan fingerprint density at radius 2 is 1.90 bits per heavy atom. The number of nitrogens with one attached hydrogen (secondary N) is 1. The second-order valence-corrected chi connectivity index (χ2v) is 6.32. The zero-order chi connectivity index (χ0) is 15.0. The van der Waals surface area contributed by atoms with Gasteiger partial charge in [0.05, 0.1) is 0 Å². The van der Waals surface area contributed by atoms with Crippen molar-refractivity contribution in [3.8, 4) is 0 Å². The van der Waals surface area contributed by atoms with E-state index in [4.69, 9.17) is 0 Å². The first-order valence-electron chi connectivity index (χ1n) is 7.76. The first-order chi connectivity index (χ1) is 10.0. The number of amides is 2. The fourth-order valence-corrected chi connectivity index (χ4v) is 3.53. The van der Waals surface area contributed by atoms with Crippen LogP contribution in [0, 0.1) is 6.92 Å². The summed E-state index contributed by atoms with van der Waals surface area (Å²) in [5, 5.41) is 3.02. The molecule has 0 radical (unpaired) electrons. The van der Waals surface area contributed by atoms with E-state index in [-0.39, 0.29) is 11.8 Å². The molecule has 112 valence electrons. The van der Waals surface area contributed by atoms with Gasteiger partial charge in [-0.2, -0.15) is 0 Å². The van der Waals surface area contributed by atoms with Crippen LogP contribution in [0.3, 0.4) is 0 Å². The number of benzene rings is 1. The maximum atomic E-state index is 13.1. The summed E-state index contributed by atoms with van der Waals surface area (Å²) in [6.07, 6.45) is 4.66. The molecule has 1 spiro atoms. The average Bonchev–Trinajstić information content (AvgIpc) is 2.47. The minimum atomic E-state index is -0.675. The Bertz CT molecular complexity index is 576. The molecule has 3 rings (SSSR count). The van der Waals surface area contributed by atoms with Crippen molar-refractivity contribution in [1.82, 2.24) is 5.32 Å².